The predicted molar refractivity (Wildman–Crippen MR) is 70.0 cm³/mol. The average molecular weight is 229 g/mol. The Morgan fingerprint density at radius 1 is 1.24 bits per heavy atom. The van der Waals surface area contributed by atoms with Gasteiger partial charge in [0.25, 0.3) is 0 Å². The summed E-state index contributed by atoms with van der Waals surface area (Å²) in [6, 6.07) is 9.93. The lowest BCUT2D eigenvalue weighted by Crippen LogP contribution is -2.20. The fourth-order valence-corrected chi connectivity index (χ4v) is 1.82. The lowest BCUT2D eigenvalue weighted by molar-refractivity contribution is 0.420. The lowest BCUT2D eigenvalue weighted by atomic mass is 10.1. The van der Waals surface area contributed by atoms with E-state index in [1.165, 1.54) is 0 Å². The maximum Gasteiger partial charge on any atom is 0.227 e. The van der Waals surface area contributed by atoms with E-state index in [1.54, 1.807) is 0 Å². The summed E-state index contributed by atoms with van der Waals surface area (Å²) < 4.78 is 5.36. The molecule has 2 rings (SSSR count). The Kier molecular flexibility index (Phi) is 3.47. The summed E-state index contributed by atoms with van der Waals surface area (Å²) in [5, 5.41) is 4.10. The number of hydrogen-bond acceptors (Lipinski definition) is 3. The molecule has 0 aliphatic heterocycles. The van der Waals surface area contributed by atoms with Crippen LogP contribution >= 0.6 is 0 Å². The Labute approximate surface area is 102 Å². The van der Waals surface area contributed by atoms with E-state index in [4.69, 9.17) is 4.52 Å². The Balaban J connectivity index is 2.29. The van der Waals surface area contributed by atoms with E-state index in [0.717, 1.165) is 35.8 Å². The third kappa shape index (κ3) is 2.49. The van der Waals surface area contributed by atoms with Gasteiger partial charge in [0, 0.05) is 24.7 Å². The zero-order valence-corrected chi connectivity index (χ0v) is 10.3. The van der Waals surface area contributed by atoms with Crippen LogP contribution < -0.4 is 4.90 Å². The summed E-state index contributed by atoms with van der Waals surface area (Å²) in [6.07, 6.45) is 0. The van der Waals surface area contributed by atoms with Gasteiger partial charge in [0.15, 0.2) is 0 Å². The van der Waals surface area contributed by atoms with E-state index < -0.39 is 0 Å². The van der Waals surface area contributed by atoms with Crippen molar-refractivity contribution in [3.05, 3.63) is 42.8 Å². The Morgan fingerprint density at radius 2 is 2.00 bits per heavy atom. The third-order valence-electron chi connectivity index (χ3n) is 2.80. The lowest BCUT2D eigenvalue weighted by Gasteiger charge is -2.15. The SMILES string of the molecule is [CH2]c1cccc(-c2cc(N(CC)CC)on2)c1. The maximum absolute atomic E-state index is 5.36. The monoisotopic (exact) mass is 229 g/mol. The van der Waals surface area contributed by atoms with Crippen molar-refractivity contribution in [3.8, 4) is 11.3 Å². The van der Waals surface area contributed by atoms with Crippen LogP contribution in [0.1, 0.15) is 19.4 Å². The van der Waals surface area contributed by atoms with Gasteiger partial charge in [0.1, 0.15) is 5.69 Å². The van der Waals surface area contributed by atoms with E-state index in [9.17, 15) is 0 Å². The van der Waals surface area contributed by atoms with Crippen LogP contribution in [0.3, 0.4) is 0 Å². The van der Waals surface area contributed by atoms with Crippen molar-refractivity contribution in [2.45, 2.75) is 13.8 Å². The van der Waals surface area contributed by atoms with Crippen molar-refractivity contribution in [1.29, 1.82) is 0 Å². The standard InChI is InChI=1S/C14H17N2O/c1-4-16(5-2)14-10-13(15-17-14)12-8-6-7-11(3)9-12/h6-10H,3-5H2,1-2H3. The van der Waals surface area contributed by atoms with Crippen LogP contribution in [0.15, 0.2) is 34.9 Å². The molecule has 0 saturated heterocycles. The first-order valence-corrected chi connectivity index (χ1v) is 5.88. The fourth-order valence-electron chi connectivity index (χ4n) is 1.82. The molecular weight excluding hydrogens is 212 g/mol. The van der Waals surface area contributed by atoms with Gasteiger partial charge in [-0.05, 0) is 32.4 Å². The molecule has 89 valence electrons. The van der Waals surface area contributed by atoms with E-state index >= 15 is 0 Å². The summed E-state index contributed by atoms with van der Waals surface area (Å²) in [6.45, 7) is 9.95. The summed E-state index contributed by atoms with van der Waals surface area (Å²) >= 11 is 0. The van der Waals surface area contributed by atoms with Crippen molar-refractivity contribution < 1.29 is 4.52 Å². The molecule has 1 aromatic heterocycles. The normalized spacial score (nSPS) is 10.5. The highest BCUT2D eigenvalue weighted by molar-refractivity contribution is 5.63. The molecule has 1 heterocycles. The second kappa shape index (κ2) is 5.04. The molecule has 1 radical (unpaired) electrons. The van der Waals surface area contributed by atoms with Gasteiger partial charge in [-0.2, -0.15) is 0 Å². The number of nitrogens with zero attached hydrogens (tertiary/aromatic N) is 2. The molecule has 0 N–H and O–H groups in total. The predicted octanol–water partition coefficient (Wildman–Crippen LogP) is 3.37. The molecule has 0 spiro atoms. The van der Waals surface area contributed by atoms with Crippen molar-refractivity contribution in [3.63, 3.8) is 0 Å². The van der Waals surface area contributed by atoms with Gasteiger partial charge in [-0.1, -0.05) is 23.4 Å². The van der Waals surface area contributed by atoms with Crippen molar-refractivity contribution in [2.24, 2.45) is 0 Å². The topological polar surface area (TPSA) is 29.3 Å². The number of aromatic nitrogens is 1. The summed E-state index contributed by atoms with van der Waals surface area (Å²) in [5.41, 5.74) is 2.88. The van der Waals surface area contributed by atoms with Gasteiger partial charge >= 0.3 is 0 Å². The first kappa shape index (κ1) is 11.7. The average Bonchev–Trinajstić information content (AvgIpc) is 2.80. The third-order valence-corrected chi connectivity index (χ3v) is 2.80. The molecule has 0 fully saturated rings. The molecule has 0 atom stereocenters. The zero-order valence-electron chi connectivity index (χ0n) is 10.3. The summed E-state index contributed by atoms with van der Waals surface area (Å²) in [5.74, 6) is 0.819. The van der Waals surface area contributed by atoms with Gasteiger partial charge in [-0.25, -0.2) is 0 Å². The zero-order chi connectivity index (χ0) is 12.3. The minimum Gasteiger partial charge on any atom is -0.341 e. The van der Waals surface area contributed by atoms with E-state index in [0.29, 0.717) is 0 Å². The molecule has 1 aromatic carbocycles. The number of hydrogen-bond donors (Lipinski definition) is 0. The van der Waals surface area contributed by atoms with Crippen molar-refractivity contribution >= 4 is 5.88 Å². The summed E-state index contributed by atoms with van der Waals surface area (Å²) in [4.78, 5) is 2.13. The van der Waals surface area contributed by atoms with Crippen molar-refractivity contribution in [1.82, 2.24) is 5.16 Å². The van der Waals surface area contributed by atoms with Crippen molar-refractivity contribution in [2.75, 3.05) is 18.0 Å². The van der Waals surface area contributed by atoms with Gasteiger partial charge < -0.3 is 9.42 Å². The Morgan fingerprint density at radius 3 is 2.65 bits per heavy atom. The summed E-state index contributed by atoms with van der Waals surface area (Å²) in [7, 11) is 0. The van der Waals surface area contributed by atoms with E-state index in [2.05, 4.69) is 30.8 Å². The van der Waals surface area contributed by atoms with Crippen LogP contribution in [0.25, 0.3) is 11.3 Å². The quantitative estimate of drug-likeness (QED) is 0.805. The van der Waals surface area contributed by atoms with Gasteiger partial charge in [0.05, 0.1) is 0 Å². The second-order valence-electron chi connectivity index (χ2n) is 3.92. The minimum absolute atomic E-state index is 0.819. The maximum atomic E-state index is 5.36. The van der Waals surface area contributed by atoms with Crippen LogP contribution in [-0.2, 0) is 0 Å². The molecule has 3 heteroatoms. The number of rotatable bonds is 4. The van der Waals surface area contributed by atoms with Crippen LogP contribution in [0.5, 0.6) is 0 Å². The van der Waals surface area contributed by atoms with E-state index in [-0.39, 0.29) is 0 Å². The fraction of sp³-hybridized carbons (Fsp3) is 0.286. The van der Waals surface area contributed by atoms with Crippen LogP contribution in [0.2, 0.25) is 0 Å². The molecule has 0 amide bonds. The van der Waals surface area contributed by atoms with Gasteiger partial charge in [-0.15, -0.1) is 0 Å². The number of anilines is 1. The number of benzene rings is 1. The largest absolute Gasteiger partial charge is 0.341 e. The molecule has 0 saturated carbocycles. The Hall–Kier alpha value is -1.77. The smallest absolute Gasteiger partial charge is 0.227 e. The molecule has 3 nitrogen and oxygen atoms in total. The second-order valence-corrected chi connectivity index (χ2v) is 3.92. The molecule has 0 unspecified atom stereocenters. The highest BCUT2D eigenvalue weighted by atomic mass is 16.5. The molecule has 0 bridgehead atoms. The van der Waals surface area contributed by atoms with Gasteiger partial charge in [0.2, 0.25) is 5.88 Å². The molecule has 2 aromatic rings. The molecule has 0 aliphatic carbocycles. The first-order valence-electron chi connectivity index (χ1n) is 5.88. The van der Waals surface area contributed by atoms with Gasteiger partial charge in [-0.3, -0.25) is 0 Å². The first-order chi connectivity index (χ1) is 8.24. The molecular formula is C14H17N2O. The van der Waals surface area contributed by atoms with Crippen LogP contribution in [0.4, 0.5) is 5.88 Å². The minimum atomic E-state index is 0.819. The highest BCUT2D eigenvalue weighted by Crippen LogP contribution is 2.24. The van der Waals surface area contributed by atoms with Crippen LogP contribution in [-0.4, -0.2) is 18.2 Å². The Bertz CT molecular complexity index is 486. The molecule has 17 heavy (non-hydrogen) atoms. The highest BCUT2D eigenvalue weighted by Gasteiger charge is 2.10. The molecule has 0 aliphatic rings. The van der Waals surface area contributed by atoms with Crippen LogP contribution in [0, 0.1) is 6.92 Å². The van der Waals surface area contributed by atoms with E-state index in [1.807, 2.05) is 30.3 Å².